The lowest BCUT2D eigenvalue weighted by Gasteiger charge is -1.94. The maximum Gasteiger partial charge on any atom is 0.247 e. The molecule has 0 amide bonds. The summed E-state index contributed by atoms with van der Waals surface area (Å²) in [4.78, 5) is 0. The van der Waals surface area contributed by atoms with Crippen molar-refractivity contribution in [3.8, 4) is 0 Å². The topological polar surface area (TPSA) is 74.8 Å². The van der Waals surface area contributed by atoms with Crippen LogP contribution in [0.1, 0.15) is 11.1 Å². The van der Waals surface area contributed by atoms with E-state index < -0.39 is 0 Å². The van der Waals surface area contributed by atoms with Crippen molar-refractivity contribution in [2.24, 2.45) is 10.2 Å². The molecule has 0 atom stereocenters. The summed E-state index contributed by atoms with van der Waals surface area (Å²) in [6.45, 7) is 0. The Kier molecular flexibility index (Phi) is 5.66. The predicted molar refractivity (Wildman–Crippen MR) is 102 cm³/mol. The van der Waals surface area contributed by atoms with E-state index in [0.29, 0.717) is 21.7 Å². The number of nitrogens with zero attached hydrogens (tertiary/aromatic N) is 3. The van der Waals surface area contributed by atoms with E-state index >= 15 is 0 Å². The molecule has 1 heterocycles. The van der Waals surface area contributed by atoms with Crippen LogP contribution in [-0.2, 0) is 0 Å². The minimum atomic E-state index is 0.384. The molecule has 0 unspecified atom stereocenters. The zero-order valence-corrected chi connectivity index (χ0v) is 14.4. The molecule has 0 radical (unpaired) electrons. The Morgan fingerprint density at radius 2 is 1.32 bits per heavy atom. The zero-order valence-electron chi connectivity index (χ0n) is 12.9. The Hall–Kier alpha value is -2.83. The first-order chi connectivity index (χ1) is 12.2. The second kappa shape index (κ2) is 8.32. The van der Waals surface area contributed by atoms with Gasteiger partial charge in [-0.3, -0.25) is 5.43 Å². The maximum atomic E-state index is 5.83. The quantitative estimate of drug-likeness (QED) is 0.477. The average molecular weight is 374 g/mol. The van der Waals surface area contributed by atoms with Crippen molar-refractivity contribution in [3.05, 3.63) is 75.8 Å². The van der Waals surface area contributed by atoms with Crippen molar-refractivity contribution in [2.75, 3.05) is 10.9 Å². The van der Waals surface area contributed by atoms with Gasteiger partial charge in [-0.25, -0.2) is 5.43 Å². The molecule has 0 spiro atoms. The molecule has 6 nitrogen and oxygen atoms in total. The smallest absolute Gasteiger partial charge is 0.247 e. The van der Waals surface area contributed by atoms with Crippen LogP contribution in [0, 0.1) is 0 Å². The van der Waals surface area contributed by atoms with Crippen molar-refractivity contribution in [1.29, 1.82) is 0 Å². The first kappa shape index (κ1) is 17.0. The molecule has 0 saturated heterocycles. The van der Waals surface area contributed by atoms with E-state index in [9.17, 15) is 0 Å². The lowest BCUT2D eigenvalue weighted by atomic mass is 10.2. The fourth-order valence-corrected chi connectivity index (χ4v) is 2.07. The summed E-state index contributed by atoms with van der Waals surface area (Å²) in [5.41, 5.74) is 7.32. The van der Waals surface area contributed by atoms with Gasteiger partial charge in [0.15, 0.2) is 5.82 Å². The first-order valence-corrected chi connectivity index (χ1v) is 8.01. The van der Waals surface area contributed by atoms with Crippen LogP contribution >= 0.6 is 23.2 Å². The molecule has 1 aromatic heterocycles. The van der Waals surface area contributed by atoms with Gasteiger partial charge >= 0.3 is 0 Å². The summed E-state index contributed by atoms with van der Waals surface area (Å²) >= 11 is 11.6. The van der Waals surface area contributed by atoms with E-state index in [1.807, 2.05) is 24.3 Å². The Morgan fingerprint density at radius 3 is 1.88 bits per heavy atom. The minimum Gasteiger partial charge on any atom is -0.335 e. The number of hydrazone groups is 2. The van der Waals surface area contributed by atoms with Crippen molar-refractivity contribution in [1.82, 2.24) is 5.16 Å². The molecule has 8 heteroatoms. The number of hydrogen-bond acceptors (Lipinski definition) is 6. The van der Waals surface area contributed by atoms with Crippen LogP contribution in [0.4, 0.5) is 11.7 Å². The van der Waals surface area contributed by atoms with Crippen LogP contribution in [-0.4, -0.2) is 17.6 Å². The van der Waals surface area contributed by atoms with Crippen molar-refractivity contribution in [2.45, 2.75) is 0 Å². The Balaban J connectivity index is 1.51. The predicted octanol–water partition coefficient (Wildman–Crippen LogP) is 4.87. The van der Waals surface area contributed by atoms with Gasteiger partial charge in [0.05, 0.1) is 18.5 Å². The molecule has 25 heavy (non-hydrogen) atoms. The van der Waals surface area contributed by atoms with E-state index in [2.05, 4.69) is 26.2 Å². The highest BCUT2D eigenvalue weighted by atomic mass is 35.5. The fourth-order valence-electron chi connectivity index (χ4n) is 1.82. The van der Waals surface area contributed by atoms with Gasteiger partial charge in [-0.05, 0) is 35.4 Å². The van der Waals surface area contributed by atoms with Gasteiger partial charge in [-0.15, -0.1) is 0 Å². The van der Waals surface area contributed by atoms with Crippen molar-refractivity contribution >= 4 is 47.3 Å². The van der Waals surface area contributed by atoms with Gasteiger partial charge < -0.3 is 4.52 Å². The highest BCUT2D eigenvalue weighted by molar-refractivity contribution is 6.30. The number of hydrogen-bond donors (Lipinski definition) is 2. The molecule has 0 aliphatic rings. The molecular formula is C17H13Cl2N5O. The molecule has 2 N–H and O–H groups in total. The Labute approximate surface area is 154 Å². The highest BCUT2D eigenvalue weighted by Gasteiger charge is 2.01. The van der Waals surface area contributed by atoms with Gasteiger partial charge in [-0.1, -0.05) is 52.6 Å². The number of benzene rings is 2. The molecule has 3 aromatic rings. The Morgan fingerprint density at radius 1 is 0.800 bits per heavy atom. The summed E-state index contributed by atoms with van der Waals surface area (Å²) in [5, 5.41) is 13.3. The number of aromatic nitrogens is 1. The van der Waals surface area contributed by atoms with Gasteiger partial charge in [0.1, 0.15) is 0 Å². The van der Waals surface area contributed by atoms with Crippen LogP contribution in [0.3, 0.4) is 0 Å². The third-order valence-corrected chi connectivity index (χ3v) is 3.54. The normalized spacial score (nSPS) is 11.3. The lowest BCUT2D eigenvalue weighted by Crippen LogP contribution is -1.90. The Bertz CT molecular complexity index is 801. The van der Waals surface area contributed by atoms with E-state index in [-0.39, 0.29) is 0 Å². The van der Waals surface area contributed by atoms with Gasteiger partial charge in [0.2, 0.25) is 5.88 Å². The maximum absolute atomic E-state index is 5.83. The molecule has 0 aliphatic carbocycles. The highest BCUT2D eigenvalue weighted by Crippen LogP contribution is 2.14. The van der Waals surface area contributed by atoms with E-state index in [0.717, 1.165) is 11.1 Å². The molecule has 126 valence electrons. The van der Waals surface area contributed by atoms with Gasteiger partial charge in [0.25, 0.3) is 0 Å². The summed E-state index contributed by atoms with van der Waals surface area (Å²) in [6, 6.07) is 16.2. The van der Waals surface area contributed by atoms with E-state index in [1.54, 1.807) is 42.8 Å². The number of anilines is 2. The third kappa shape index (κ3) is 5.34. The summed E-state index contributed by atoms with van der Waals surface area (Å²) < 4.78 is 5.09. The molecule has 0 bridgehead atoms. The monoisotopic (exact) mass is 373 g/mol. The van der Waals surface area contributed by atoms with Crippen LogP contribution in [0.15, 0.2) is 69.3 Å². The second-order valence-corrected chi connectivity index (χ2v) is 5.79. The van der Waals surface area contributed by atoms with Gasteiger partial charge in [0, 0.05) is 10.0 Å². The summed E-state index contributed by atoms with van der Waals surface area (Å²) in [7, 11) is 0. The van der Waals surface area contributed by atoms with Crippen molar-refractivity contribution < 1.29 is 4.52 Å². The van der Waals surface area contributed by atoms with Crippen LogP contribution in [0.25, 0.3) is 0 Å². The largest absolute Gasteiger partial charge is 0.335 e. The summed E-state index contributed by atoms with van der Waals surface area (Å²) in [6.07, 6.45) is 3.29. The first-order valence-electron chi connectivity index (χ1n) is 7.25. The SMILES string of the molecule is Clc1ccc(/C=N/Nc2cc(N/N=C/c3ccc(Cl)cc3)on2)cc1. The van der Waals surface area contributed by atoms with Crippen LogP contribution in [0.2, 0.25) is 10.0 Å². The van der Waals surface area contributed by atoms with E-state index in [4.69, 9.17) is 27.7 Å². The zero-order chi connectivity index (χ0) is 17.5. The third-order valence-electron chi connectivity index (χ3n) is 3.03. The molecule has 0 fully saturated rings. The number of rotatable bonds is 6. The minimum absolute atomic E-state index is 0.384. The fraction of sp³-hybridized carbons (Fsp3) is 0. The van der Waals surface area contributed by atoms with E-state index in [1.165, 1.54) is 0 Å². The second-order valence-electron chi connectivity index (χ2n) is 4.92. The average Bonchev–Trinajstić information content (AvgIpc) is 3.06. The van der Waals surface area contributed by atoms with Crippen LogP contribution < -0.4 is 10.9 Å². The van der Waals surface area contributed by atoms with Crippen LogP contribution in [0.5, 0.6) is 0 Å². The molecule has 2 aromatic carbocycles. The van der Waals surface area contributed by atoms with Crippen molar-refractivity contribution in [3.63, 3.8) is 0 Å². The number of nitrogens with one attached hydrogen (secondary N) is 2. The molecule has 0 saturated carbocycles. The molecular weight excluding hydrogens is 361 g/mol. The lowest BCUT2D eigenvalue weighted by molar-refractivity contribution is 0.435. The summed E-state index contributed by atoms with van der Waals surface area (Å²) in [5.74, 6) is 0.837. The number of halogens is 2. The molecule has 0 aliphatic heterocycles. The van der Waals surface area contributed by atoms with Gasteiger partial charge in [-0.2, -0.15) is 10.2 Å². The molecule has 3 rings (SSSR count). The standard InChI is InChI=1S/C17H13Cl2N5O/c18-14-5-1-12(2-6-14)10-20-22-16-9-17(25-24-16)23-21-11-13-3-7-15(19)8-4-13/h1-11,23H,(H,22,24)/b20-10+,21-11+.